The Labute approximate surface area is 155 Å². The van der Waals surface area contributed by atoms with Crippen molar-refractivity contribution in [1.29, 1.82) is 0 Å². The van der Waals surface area contributed by atoms with Gasteiger partial charge in [-0.1, -0.05) is 121 Å². The van der Waals surface area contributed by atoms with Crippen molar-refractivity contribution < 1.29 is 0 Å². The van der Waals surface area contributed by atoms with Crippen LogP contribution in [0.1, 0.15) is 11.1 Å². The second-order valence-corrected chi connectivity index (χ2v) is 6.25. The smallest absolute Gasteiger partial charge is 0.00328 e. The van der Waals surface area contributed by atoms with Gasteiger partial charge in [0.05, 0.1) is 0 Å². The highest BCUT2D eigenvalue weighted by Gasteiger charge is 2.10. The third-order valence-electron chi connectivity index (χ3n) is 4.50. The molecule has 0 aromatic heterocycles. The third kappa shape index (κ3) is 3.50. The molecule has 0 spiro atoms. The van der Waals surface area contributed by atoms with Gasteiger partial charge in [0.25, 0.3) is 0 Å². The monoisotopic (exact) mass is 332 g/mol. The Morgan fingerprint density at radius 1 is 0.423 bits per heavy atom. The van der Waals surface area contributed by atoms with Gasteiger partial charge in [-0.15, -0.1) is 0 Å². The van der Waals surface area contributed by atoms with E-state index >= 15 is 0 Å². The van der Waals surface area contributed by atoms with Gasteiger partial charge < -0.3 is 0 Å². The van der Waals surface area contributed by atoms with Crippen molar-refractivity contribution in [3.8, 4) is 22.3 Å². The summed E-state index contributed by atoms with van der Waals surface area (Å²) in [6.45, 7) is 0. The number of hydrogen-bond donors (Lipinski definition) is 0. The van der Waals surface area contributed by atoms with Crippen molar-refractivity contribution in [2.75, 3.05) is 0 Å². The van der Waals surface area contributed by atoms with Crippen LogP contribution in [-0.2, 0) is 0 Å². The predicted molar refractivity (Wildman–Crippen MR) is 113 cm³/mol. The zero-order valence-electron chi connectivity index (χ0n) is 14.5. The van der Waals surface area contributed by atoms with Crippen LogP contribution in [0.4, 0.5) is 0 Å². The Morgan fingerprint density at radius 3 is 1.65 bits per heavy atom. The van der Waals surface area contributed by atoms with E-state index in [1.54, 1.807) is 0 Å². The van der Waals surface area contributed by atoms with Crippen LogP contribution in [0.25, 0.3) is 34.4 Å². The van der Waals surface area contributed by atoms with Crippen LogP contribution in [0.2, 0.25) is 0 Å². The van der Waals surface area contributed by atoms with E-state index in [0.717, 1.165) is 0 Å². The molecule has 0 aliphatic heterocycles. The van der Waals surface area contributed by atoms with Crippen molar-refractivity contribution >= 4 is 12.2 Å². The fourth-order valence-corrected chi connectivity index (χ4v) is 3.24. The number of hydrogen-bond acceptors (Lipinski definition) is 0. The molecule has 4 rings (SSSR count). The maximum absolute atomic E-state index is 2.21. The summed E-state index contributed by atoms with van der Waals surface area (Å²) in [4.78, 5) is 0. The molecule has 4 aromatic carbocycles. The van der Waals surface area contributed by atoms with E-state index in [1.165, 1.54) is 33.4 Å². The van der Waals surface area contributed by atoms with Crippen LogP contribution in [0.15, 0.2) is 109 Å². The van der Waals surface area contributed by atoms with Gasteiger partial charge in [-0.25, -0.2) is 0 Å². The van der Waals surface area contributed by atoms with Gasteiger partial charge in [0.2, 0.25) is 0 Å². The highest BCUT2D eigenvalue weighted by atomic mass is 14.1. The standard InChI is InChI=1S/C26H20/c1-4-11-21(12-5-1)19-20-24-17-10-18-25(22-13-6-2-7-14-22)26(24)23-15-8-3-9-16-23/h1-20H/b20-19+. The van der Waals surface area contributed by atoms with Gasteiger partial charge in [0.1, 0.15) is 0 Å². The number of benzene rings is 4. The molecule has 0 heteroatoms. The molecule has 0 aliphatic rings. The van der Waals surface area contributed by atoms with E-state index in [4.69, 9.17) is 0 Å². The maximum Gasteiger partial charge on any atom is -0.00328 e. The van der Waals surface area contributed by atoms with Crippen LogP contribution < -0.4 is 0 Å². The van der Waals surface area contributed by atoms with Gasteiger partial charge in [-0.3, -0.25) is 0 Å². The van der Waals surface area contributed by atoms with Crippen LogP contribution in [0.5, 0.6) is 0 Å². The highest BCUT2D eigenvalue weighted by molar-refractivity contribution is 5.91. The largest absolute Gasteiger partial charge is 0.0622 e. The topological polar surface area (TPSA) is 0 Å². The van der Waals surface area contributed by atoms with Crippen molar-refractivity contribution in [3.05, 3.63) is 120 Å². The lowest BCUT2D eigenvalue weighted by Gasteiger charge is -2.14. The Hall–Kier alpha value is -3.38. The molecule has 0 radical (unpaired) electrons. The molecule has 0 amide bonds. The average molecular weight is 332 g/mol. The zero-order chi connectivity index (χ0) is 17.6. The minimum absolute atomic E-state index is 1.21. The van der Waals surface area contributed by atoms with Crippen molar-refractivity contribution in [2.24, 2.45) is 0 Å². The quantitative estimate of drug-likeness (QED) is 0.347. The molecule has 4 aromatic rings. The first-order valence-corrected chi connectivity index (χ1v) is 8.89. The van der Waals surface area contributed by atoms with E-state index < -0.39 is 0 Å². The minimum atomic E-state index is 1.21. The Morgan fingerprint density at radius 2 is 1.00 bits per heavy atom. The zero-order valence-corrected chi connectivity index (χ0v) is 14.5. The lowest BCUT2D eigenvalue weighted by Crippen LogP contribution is -1.89. The average Bonchev–Trinajstić information content (AvgIpc) is 2.74. The molecule has 0 saturated carbocycles. The van der Waals surface area contributed by atoms with Gasteiger partial charge >= 0.3 is 0 Å². The molecule has 26 heavy (non-hydrogen) atoms. The lowest BCUT2D eigenvalue weighted by molar-refractivity contribution is 1.56. The first-order valence-electron chi connectivity index (χ1n) is 8.89. The predicted octanol–water partition coefficient (Wildman–Crippen LogP) is 7.19. The van der Waals surface area contributed by atoms with E-state index in [2.05, 4.69) is 115 Å². The first kappa shape index (κ1) is 16.1. The molecular formula is C26H20. The van der Waals surface area contributed by atoms with Gasteiger partial charge in [-0.05, 0) is 33.4 Å². The molecule has 0 saturated heterocycles. The molecule has 0 bridgehead atoms. The summed E-state index contributed by atoms with van der Waals surface area (Å²) in [6, 6.07) is 38.2. The SMILES string of the molecule is C(=C\c1cccc(-c2ccccc2)c1-c1ccccc1)/c1ccccc1. The summed E-state index contributed by atoms with van der Waals surface area (Å²) in [7, 11) is 0. The molecule has 0 unspecified atom stereocenters. The van der Waals surface area contributed by atoms with E-state index in [-0.39, 0.29) is 0 Å². The molecule has 0 nitrogen and oxygen atoms in total. The second-order valence-electron chi connectivity index (χ2n) is 6.25. The second kappa shape index (κ2) is 7.67. The van der Waals surface area contributed by atoms with Crippen molar-refractivity contribution in [2.45, 2.75) is 0 Å². The van der Waals surface area contributed by atoms with E-state index in [0.29, 0.717) is 0 Å². The van der Waals surface area contributed by atoms with Crippen LogP contribution in [0, 0.1) is 0 Å². The van der Waals surface area contributed by atoms with Gasteiger partial charge in [0.15, 0.2) is 0 Å². The minimum Gasteiger partial charge on any atom is -0.0622 e. The summed E-state index contributed by atoms with van der Waals surface area (Å²) in [5.74, 6) is 0. The van der Waals surface area contributed by atoms with Crippen molar-refractivity contribution in [1.82, 2.24) is 0 Å². The Kier molecular flexibility index (Phi) is 4.75. The third-order valence-corrected chi connectivity index (χ3v) is 4.50. The summed E-state index contributed by atoms with van der Waals surface area (Å²) in [5, 5.41) is 0. The van der Waals surface area contributed by atoms with Crippen LogP contribution >= 0.6 is 0 Å². The first-order chi connectivity index (χ1) is 12.9. The Balaban J connectivity index is 1.88. The van der Waals surface area contributed by atoms with Gasteiger partial charge in [-0.2, -0.15) is 0 Å². The summed E-state index contributed by atoms with van der Waals surface area (Å²) >= 11 is 0. The fourth-order valence-electron chi connectivity index (χ4n) is 3.24. The lowest BCUT2D eigenvalue weighted by atomic mass is 9.90. The van der Waals surface area contributed by atoms with Crippen LogP contribution in [0.3, 0.4) is 0 Å². The molecule has 0 atom stereocenters. The van der Waals surface area contributed by atoms with Crippen molar-refractivity contribution in [3.63, 3.8) is 0 Å². The molecule has 0 aliphatic carbocycles. The van der Waals surface area contributed by atoms with E-state index in [1.807, 2.05) is 6.07 Å². The highest BCUT2D eigenvalue weighted by Crippen LogP contribution is 2.35. The fraction of sp³-hybridized carbons (Fsp3) is 0. The van der Waals surface area contributed by atoms with E-state index in [9.17, 15) is 0 Å². The molecular weight excluding hydrogens is 312 g/mol. The molecule has 0 fully saturated rings. The Bertz CT molecular complexity index is 998. The normalized spacial score (nSPS) is 10.9. The number of rotatable bonds is 4. The summed E-state index contributed by atoms with van der Waals surface area (Å²) < 4.78 is 0. The maximum atomic E-state index is 2.21. The molecule has 124 valence electrons. The summed E-state index contributed by atoms with van der Waals surface area (Å²) in [5.41, 5.74) is 7.43. The van der Waals surface area contributed by atoms with Gasteiger partial charge in [0, 0.05) is 0 Å². The molecule has 0 heterocycles. The van der Waals surface area contributed by atoms with Crippen LogP contribution in [-0.4, -0.2) is 0 Å². The summed E-state index contributed by atoms with van der Waals surface area (Å²) in [6.07, 6.45) is 4.39. The molecule has 0 N–H and O–H groups in total.